The zero-order chi connectivity index (χ0) is 57.2. The van der Waals surface area contributed by atoms with Gasteiger partial charge in [0.15, 0.2) is 0 Å². The number of carbonyl (C=O) groups excluding carboxylic acids is 2. The lowest BCUT2D eigenvalue weighted by Gasteiger charge is -2.27. The van der Waals surface area contributed by atoms with Crippen molar-refractivity contribution in [3.05, 3.63) is 36.5 Å². The molecule has 9 nitrogen and oxygen atoms in total. The van der Waals surface area contributed by atoms with Gasteiger partial charge in [0.05, 0.1) is 33.8 Å². The summed E-state index contributed by atoms with van der Waals surface area (Å²) in [5.41, 5.74) is 0. The second kappa shape index (κ2) is 58.4. The number of quaternary nitrogens is 1. The molecule has 2 N–H and O–H groups in total. The zero-order valence-electron chi connectivity index (χ0n) is 52.7. The smallest absolute Gasteiger partial charge is 0.456 e. The number of allylic oxidation sites excluding steroid dienone is 5. The lowest BCUT2D eigenvalue weighted by Crippen LogP contribution is -2.47. The molecule has 0 heterocycles. The zero-order valence-corrected chi connectivity index (χ0v) is 53.6. The number of esters is 1. The summed E-state index contributed by atoms with van der Waals surface area (Å²) in [4.78, 5) is 37.7. The summed E-state index contributed by atoms with van der Waals surface area (Å²) in [6, 6.07) is -0.842. The second-order valence-corrected chi connectivity index (χ2v) is 25.8. The van der Waals surface area contributed by atoms with Crippen molar-refractivity contribution in [1.82, 2.24) is 5.32 Å². The lowest BCUT2D eigenvalue weighted by atomic mass is 10.0. The predicted molar refractivity (Wildman–Crippen MR) is 337 cm³/mol. The van der Waals surface area contributed by atoms with Crippen LogP contribution in [0.15, 0.2) is 36.5 Å². The molecular weight excluding hydrogens is 988 g/mol. The number of nitrogens with zero attached hydrogens (tertiary/aromatic N) is 1. The van der Waals surface area contributed by atoms with E-state index in [0.29, 0.717) is 23.9 Å². The van der Waals surface area contributed by atoms with E-state index in [2.05, 4.69) is 50.4 Å². The highest BCUT2D eigenvalue weighted by atomic mass is 31.2. The third-order valence-corrected chi connectivity index (χ3v) is 16.3. The number of ether oxygens (including phenoxy) is 1. The van der Waals surface area contributed by atoms with Gasteiger partial charge in [0, 0.05) is 12.8 Å². The average molecular weight is 1120 g/mol. The molecule has 3 atom stereocenters. The molecule has 1 amide bonds. The quantitative estimate of drug-likeness (QED) is 0.0205. The van der Waals surface area contributed by atoms with Gasteiger partial charge in [-0.1, -0.05) is 295 Å². The molecule has 10 heteroatoms. The van der Waals surface area contributed by atoms with Gasteiger partial charge < -0.3 is 19.4 Å². The fourth-order valence-corrected chi connectivity index (χ4v) is 10.8. The molecule has 0 aromatic heterocycles. The molecule has 0 rings (SSSR count). The van der Waals surface area contributed by atoms with Crippen molar-refractivity contribution in [2.24, 2.45) is 0 Å². The molecule has 0 aliphatic heterocycles. The average Bonchev–Trinajstić information content (AvgIpc) is 3.40. The van der Waals surface area contributed by atoms with E-state index < -0.39 is 20.0 Å². The van der Waals surface area contributed by atoms with Crippen molar-refractivity contribution in [2.75, 3.05) is 40.9 Å². The van der Waals surface area contributed by atoms with Crippen molar-refractivity contribution in [3.8, 4) is 0 Å². The maximum atomic E-state index is 13.5. The molecule has 460 valence electrons. The van der Waals surface area contributed by atoms with Crippen LogP contribution in [-0.2, 0) is 27.9 Å². The predicted octanol–water partition coefficient (Wildman–Crippen LogP) is 21.1. The Morgan fingerprint density at radius 3 is 1.18 bits per heavy atom. The lowest BCUT2D eigenvalue weighted by molar-refractivity contribution is -0.870. The number of carbonyl (C=O) groups is 2. The van der Waals surface area contributed by atoms with Gasteiger partial charge in [-0.05, 0) is 63.9 Å². The van der Waals surface area contributed by atoms with Gasteiger partial charge in [0.1, 0.15) is 19.3 Å². The fraction of sp³-hybridized carbons (Fsp3) is 0.882. The molecular formula is C68H132N2O7P+. The van der Waals surface area contributed by atoms with Crippen LogP contribution < -0.4 is 5.32 Å². The third kappa shape index (κ3) is 58.9. The Morgan fingerprint density at radius 1 is 0.449 bits per heavy atom. The van der Waals surface area contributed by atoms with E-state index >= 15 is 0 Å². The number of hydrogen-bond acceptors (Lipinski definition) is 6. The van der Waals surface area contributed by atoms with Crippen molar-refractivity contribution in [1.29, 1.82) is 0 Å². The second-order valence-electron chi connectivity index (χ2n) is 24.4. The van der Waals surface area contributed by atoms with E-state index in [9.17, 15) is 19.0 Å². The van der Waals surface area contributed by atoms with Crippen LogP contribution in [0.1, 0.15) is 335 Å². The first-order chi connectivity index (χ1) is 37.9. The number of nitrogens with one attached hydrogen (secondary N) is 1. The van der Waals surface area contributed by atoms with Crippen LogP contribution >= 0.6 is 7.82 Å². The highest BCUT2D eigenvalue weighted by Crippen LogP contribution is 2.43. The van der Waals surface area contributed by atoms with Crippen LogP contribution in [0.3, 0.4) is 0 Å². The standard InChI is InChI=1S/C68H131N2O7P/c1-7-10-13-16-19-22-25-27-29-30-31-32-33-34-35-36-37-38-39-40-41-43-46-49-52-55-58-61-68(72)77-66(59-56-53-50-47-44-24-21-18-15-12-9-3)65(64-76-78(73,74)75-63-62-70(4,5)6)69-67(71)60-57-54-51-48-45-42-28-26-23-20-17-14-11-8-2/h19,22,27,29,56,59,65-66H,7-18,20-21,23-26,28,30-55,57-58,60-64H2,1-6H3,(H-,69,71,73,74)/p+1/b22-19-,29-27-,59-56-. The van der Waals surface area contributed by atoms with Crippen molar-refractivity contribution in [3.63, 3.8) is 0 Å². The number of amides is 1. The first-order valence-electron chi connectivity index (χ1n) is 33.8. The number of hydrogen-bond donors (Lipinski definition) is 2. The molecule has 0 bridgehead atoms. The molecule has 78 heavy (non-hydrogen) atoms. The molecule has 0 saturated carbocycles. The largest absolute Gasteiger partial charge is 0.472 e. The summed E-state index contributed by atoms with van der Waals surface area (Å²) in [7, 11) is 1.51. The Bertz CT molecular complexity index is 1430. The first kappa shape index (κ1) is 76.2. The van der Waals surface area contributed by atoms with Gasteiger partial charge >= 0.3 is 13.8 Å². The molecule has 0 fully saturated rings. The SMILES string of the molecule is CCCCC/C=C\C/C=C\CCCCCCCCCCCCCCCCCCCC(=O)OC(/C=C\CCCCCCCCCCC)C(COP(=O)(O)OCC[N+](C)(C)C)NC(=O)CCCCCCCCCCCCCCCC. The Labute approximate surface area is 485 Å². The molecule has 0 saturated heterocycles. The molecule has 0 aromatic rings. The highest BCUT2D eigenvalue weighted by molar-refractivity contribution is 7.47. The molecule has 0 radical (unpaired) electrons. The topological polar surface area (TPSA) is 111 Å². The van der Waals surface area contributed by atoms with E-state index in [0.717, 1.165) is 64.2 Å². The van der Waals surface area contributed by atoms with Crippen LogP contribution in [0.2, 0.25) is 0 Å². The Hall–Kier alpha value is -1.77. The number of phosphoric acid groups is 1. The summed E-state index contributed by atoms with van der Waals surface area (Å²) in [5.74, 6) is -0.488. The number of rotatable bonds is 62. The van der Waals surface area contributed by atoms with Crippen LogP contribution in [0.5, 0.6) is 0 Å². The van der Waals surface area contributed by atoms with Crippen molar-refractivity contribution < 1.29 is 37.3 Å². The minimum absolute atomic E-state index is 0.0437. The van der Waals surface area contributed by atoms with Crippen LogP contribution in [-0.4, -0.2) is 74.3 Å². The normalized spacial score (nSPS) is 13.8. The molecule has 0 spiro atoms. The van der Waals surface area contributed by atoms with E-state index in [-0.39, 0.29) is 25.1 Å². The fourth-order valence-electron chi connectivity index (χ4n) is 10.1. The highest BCUT2D eigenvalue weighted by Gasteiger charge is 2.30. The summed E-state index contributed by atoms with van der Waals surface area (Å²) < 4.78 is 30.7. The molecule has 0 aliphatic carbocycles. The Balaban J connectivity index is 4.94. The summed E-state index contributed by atoms with van der Waals surface area (Å²) in [5, 5.41) is 3.06. The van der Waals surface area contributed by atoms with E-state index in [1.54, 1.807) is 0 Å². The maximum Gasteiger partial charge on any atom is 0.472 e. The minimum atomic E-state index is -4.44. The Kier molecular flexibility index (Phi) is 57.1. The number of unbranched alkanes of at least 4 members (excludes halogenated alkanes) is 42. The van der Waals surface area contributed by atoms with Crippen LogP contribution in [0.25, 0.3) is 0 Å². The minimum Gasteiger partial charge on any atom is -0.456 e. The van der Waals surface area contributed by atoms with Gasteiger partial charge in [-0.25, -0.2) is 4.57 Å². The summed E-state index contributed by atoms with van der Waals surface area (Å²) in [6.45, 7) is 7.03. The van der Waals surface area contributed by atoms with Gasteiger partial charge in [-0.3, -0.25) is 18.6 Å². The number of phosphoric ester groups is 1. The number of likely N-dealkylation sites (N-methyl/N-ethyl adjacent to an activating group) is 1. The van der Waals surface area contributed by atoms with Crippen molar-refractivity contribution in [2.45, 2.75) is 348 Å². The van der Waals surface area contributed by atoms with Crippen LogP contribution in [0.4, 0.5) is 0 Å². The van der Waals surface area contributed by atoms with Gasteiger partial charge in [0.25, 0.3) is 0 Å². The molecule has 0 aliphatic rings. The monoisotopic (exact) mass is 1120 g/mol. The molecule has 3 unspecified atom stereocenters. The van der Waals surface area contributed by atoms with E-state index in [4.69, 9.17) is 13.8 Å². The van der Waals surface area contributed by atoms with Crippen LogP contribution in [0, 0.1) is 0 Å². The Morgan fingerprint density at radius 2 is 0.782 bits per heavy atom. The van der Waals surface area contributed by atoms with Gasteiger partial charge in [0.2, 0.25) is 5.91 Å². The van der Waals surface area contributed by atoms with Crippen molar-refractivity contribution >= 4 is 19.7 Å². The summed E-state index contributed by atoms with van der Waals surface area (Å²) >= 11 is 0. The molecule has 0 aromatic carbocycles. The third-order valence-electron chi connectivity index (χ3n) is 15.3. The van der Waals surface area contributed by atoms with Gasteiger partial charge in [-0.2, -0.15) is 0 Å². The van der Waals surface area contributed by atoms with Gasteiger partial charge in [-0.15, -0.1) is 0 Å². The maximum absolute atomic E-state index is 13.5. The van der Waals surface area contributed by atoms with E-state index in [1.165, 1.54) is 238 Å². The van der Waals surface area contributed by atoms with E-state index in [1.807, 2.05) is 33.3 Å². The first-order valence-corrected chi connectivity index (χ1v) is 35.3. The summed E-state index contributed by atoms with van der Waals surface area (Å²) in [6.07, 6.45) is 71.6.